The number of hydrogen-bond donors (Lipinski definition) is 2. The van der Waals surface area contributed by atoms with E-state index in [2.05, 4.69) is 6.92 Å². The Labute approximate surface area is 162 Å². The van der Waals surface area contributed by atoms with Crippen LogP contribution in [0.4, 0.5) is 0 Å². The first-order valence-electron chi connectivity index (χ1n) is 11.1. The Morgan fingerprint density at radius 1 is 0.615 bits per heavy atom. The average molecular weight is 393 g/mol. The van der Waals surface area contributed by atoms with Crippen LogP contribution in [0.2, 0.25) is 0 Å². The second kappa shape index (κ2) is 18.2. The highest BCUT2D eigenvalue weighted by Crippen LogP contribution is 2.15. The monoisotopic (exact) mass is 392 g/mol. The van der Waals surface area contributed by atoms with Crippen LogP contribution in [0.5, 0.6) is 0 Å². The van der Waals surface area contributed by atoms with Crippen LogP contribution in [0.3, 0.4) is 0 Å². The van der Waals surface area contributed by atoms with E-state index in [0.717, 1.165) is 38.5 Å². The van der Waals surface area contributed by atoms with Gasteiger partial charge < -0.3 is 5.11 Å². The van der Waals surface area contributed by atoms with Crippen molar-refractivity contribution in [2.45, 2.75) is 129 Å². The highest BCUT2D eigenvalue weighted by molar-refractivity contribution is 7.85. The van der Waals surface area contributed by atoms with E-state index in [0.29, 0.717) is 6.42 Å². The van der Waals surface area contributed by atoms with E-state index in [1.54, 1.807) is 0 Å². The molecule has 0 aromatic heterocycles. The normalized spacial score (nSPS) is 13.2. The van der Waals surface area contributed by atoms with Crippen LogP contribution in [0.25, 0.3) is 0 Å². The van der Waals surface area contributed by atoms with E-state index in [4.69, 9.17) is 4.55 Å². The molecule has 0 spiro atoms. The van der Waals surface area contributed by atoms with Crippen LogP contribution in [0.1, 0.15) is 122 Å². The summed E-state index contributed by atoms with van der Waals surface area (Å²) >= 11 is 0. The molecule has 0 bridgehead atoms. The van der Waals surface area contributed by atoms with Gasteiger partial charge in [0.25, 0.3) is 10.1 Å². The van der Waals surface area contributed by atoms with Crippen LogP contribution in [-0.4, -0.2) is 29.9 Å². The maximum absolute atomic E-state index is 10.6. The summed E-state index contributed by atoms with van der Waals surface area (Å²) in [6, 6.07) is 0. The van der Waals surface area contributed by atoms with Crippen LogP contribution in [0.15, 0.2) is 0 Å². The summed E-state index contributed by atoms with van der Waals surface area (Å²) < 4.78 is 29.8. The largest absolute Gasteiger partial charge is 0.393 e. The van der Waals surface area contributed by atoms with E-state index in [-0.39, 0.29) is 11.9 Å². The summed E-state index contributed by atoms with van der Waals surface area (Å²) in [5.41, 5.74) is 0. The van der Waals surface area contributed by atoms with Gasteiger partial charge in [0.15, 0.2) is 0 Å². The van der Waals surface area contributed by atoms with Crippen molar-refractivity contribution in [3.8, 4) is 0 Å². The Hall–Kier alpha value is -0.130. The third-order valence-electron chi connectivity index (χ3n) is 5.08. The minimum absolute atomic E-state index is 0.103. The molecule has 158 valence electrons. The van der Waals surface area contributed by atoms with Crippen LogP contribution < -0.4 is 0 Å². The molecule has 0 aromatic carbocycles. The zero-order chi connectivity index (χ0) is 19.5. The predicted molar refractivity (Wildman–Crippen MR) is 111 cm³/mol. The second-order valence-electron chi connectivity index (χ2n) is 7.82. The van der Waals surface area contributed by atoms with Crippen molar-refractivity contribution in [2.75, 3.05) is 5.75 Å². The van der Waals surface area contributed by atoms with Crippen molar-refractivity contribution in [1.29, 1.82) is 0 Å². The summed E-state index contributed by atoms with van der Waals surface area (Å²) in [5, 5.41) is 10.0. The molecule has 4 nitrogen and oxygen atoms in total. The van der Waals surface area contributed by atoms with Gasteiger partial charge in [0, 0.05) is 0 Å². The fourth-order valence-corrected chi connectivity index (χ4v) is 3.95. The maximum atomic E-state index is 10.6. The number of rotatable bonds is 20. The number of aliphatic hydroxyl groups excluding tert-OH is 1. The molecular weight excluding hydrogens is 348 g/mol. The van der Waals surface area contributed by atoms with Gasteiger partial charge in [0.1, 0.15) is 0 Å². The molecule has 0 rings (SSSR count). The van der Waals surface area contributed by atoms with Crippen molar-refractivity contribution < 1.29 is 18.1 Å². The molecule has 5 heteroatoms. The Morgan fingerprint density at radius 2 is 0.962 bits per heavy atom. The van der Waals surface area contributed by atoms with Crippen molar-refractivity contribution in [1.82, 2.24) is 0 Å². The van der Waals surface area contributed by atoms with Crippen molar-refractivity contribution in [3.05, 3.63) is 0 Å². The van der Waals surface area contributed by atoms with Crippen LogP contribution in [-0.2, 0) is 10.1 Å². The van der Waals surface area contributed by atoms with E-state index < -0.39 is 10.1 Å². The molecule has 2 N–H and O–H groups in total. The maximum Gasteiger partial charge on any atom is 0.264 e. The molecule has 0 saturated heterocycles. The number of unbranched alkanes of at least 4 members (excludes halogenated alkanes) is 14. The molecule has 0 aliphatic rings. The van der Waals surface area contributed by atoms with Gasteiger partial charge in [-0.2, -0.15) is 8.42 Å². The first kappa shape index (κ1) is 25.9. The van der Waals surface area contributed by atoms with Gasteiger partial charge in [-0.05, 0) is 19.3 Å². The third-order valence-corrected chi connectivity index (χ3v) is 5.89. The molecule has 0 aromatic rings. The molecule has 0 aliphatic carbocycles. The standard InChI is InChI=1S/C21H44O4S/c1-2-3-4-5-9-12-15-18-21(22)19-16-13-10-7-6-8-11-14-17-20-26(23,24)25/h21-22H,2-20H2,1H3,(H,23,24,25). The molecule has 0 amide bonds. The van der Waals surface area contributed by atoms with Gasteiger partial charge in [-0.1, -0.05) is 103 Å². The SMILES string of the molecule is CCCCCCCCCC(O)CCCCCCCCCCCS(=O)(=O)O. The zero-order valence-corrected chi connectivity index (χ0v) is 17.9. The van der Waals surface area contributed by atoms with Gasteiger partial charge >= 0.3 is 0 Å². The van der Waals surface area contributed by atoms with Crippen LogP contribution in [0, 0.1) is 0 Å². The lowest BCUT2D eigenvalue weighted by Crippen LogP contribution is -2.05. The lowest BCUT2D eigenvalue weighted by atomic mass is 10.0. The van der Waals surface area contributed by atoms with Gasteiger partial charge in [0.2, 0.25) is 0 Å². The topological polar surface area (TPSA) is 74.6 Å². The minimum atomic E-state index is -3.77. The molecular formula is C21H44O4S. The first-order chi connectivity index (χ1) is 12.5. The fourth-order valence-electron chi connectivity index (χ4n) is 3.38. The Balaban J connectivity index is 3.19. The third kappa shape index (κ3) is 21.9. The van der Waals surface area contributed by atoms with Crippen molar-refractivity contribution in [3.63, 3.8) is 0 Å². The number of aliphatic hydroxyl groups is 1. The molecule has 0 aliphatic heterocycles. The summed E-state index contributed by atoms with van der Waals surface area (Å²) in [4.78, 5) is 0. The highest BCUT2D eigenvalue weighted by Gasteiger charge is 2.04. The summed E-state index contributed by atoms with van der Waals surface area (Å²) in [7, 11) is -3.77. The average Bonchev–Trinajstić information content (AvgIpc) is 2.58. The molecule has 0 heterocycles. The lowest BCUT2D eigenvalue weighted by molar-refractivity contribution is 0.147. The van der Waals surface area contributed by atoms with Crippen LogP contribution >= 0.6 is 0 Å². The molecule has 26 heavy (non-hydrogen) atoms. The summed E-state index contributed by atoms with van der Waals surface area (Å²) in [6.45, 7) is 2.24. The smallest absolute Gasteiger partial charge is 0.264 e. The van der Waals surface area contributed by atoms with Gasteiger partial charge in [0.05, 0.1) is 11.9 Å². The zero-order valence-electron chi connectivity index (χ0n) is 17.1. The first-order valence-corrected chi connectivity index (χ1v) is 12.7. The molecule has 0 fully saturated rings. The van der Waals surface area contributed by atoms with Gasteiger partial charge in [-0.3, -0.25) is 4.55 Å². The Bertz CT molecular complexity index is 381. The molecule has 0 radical (unpaired) electrons. The van der Waals surface area contributed by atoms with E-state index >= 15 is 0 Å². The minimum Gasteiger partial charge on any atom is -0.393 e. The van der Waals surface area contributed by atoms with Gasteiger partial charge in [-0.25, -0.2) is 0 Å². The molecule has 0 saturated carbocycles. The molecule has 1 unspecified atom stereocenters. The number of hydrogen-bond acceptors (Lipinski definition) is 3. The van der Waals surface area contributed by atoms with E-state index in [1.165, 1.54) is 70.6 Å². The highest BCUT2D eigenvalue weighted by atomic mass is 32.2. The summed E-state index contributed by atoms with van der Waals surface area (Å²) in [6.07, 6.45) is 20.6. The van der Waals surface area contributed by atoms with Gasteiger partial charge in [-0.15, -0.1) is 0 Å². The Morgan fingerprint density at radius 3 is 1.35 bits per heavy atom. The quantitative estimate of drug-likeness (QED) is 0.189. The van der Waals surface area contributed by atoms with Crippen molar-refractivity contribution >= 4 is 10.1 Å². The van der Waals surface area contributed by atoms with E-state index in [9.17, 15) is 13.5 Å². The Kier molecular flexibility index (Phi) is 18.2. The van der Waals surface area contributed by atoms with Crippen molar-refractivity contribution in [2.24, 2.45) is 0 Å². The second-order valence-corrected chi connectivity index (χ2v) is 9.39. The lowest BCUT2D eigenvalue weighted by Gasteiger charge is -2.10. The van der Waals surface area contributed by atoms with E-state index in [1.807, 2.05) is 0 Å². The summed E-state index contributed by atoms with van der Waals surface area (Å²) in [5.74, 6) is -0.103. The molecule has 1 atom stereocenters. The fraction of sp³-hybridized carbons (Fsp3) is 1.00. The predicted octanol–water partition coefficient (Wildman–Crippen LogP) is 6.28.